The minimum atomic E-state index is -0.129. The van der Waals surface area contributed by atoms with Crippen molar-refractivity contribution >= 4 is 11.8 Å². The lowest BCUT2D eigenvalue weighted by atomic mass is 9.92. The average molecular weight is 272 g/mol. The summed E-state index contributed by atoms with van der Waals surface area (Å²) in [5.41, 5.74) is -0.129. The van der Waals surface area contributed by atoms with Gasteiger partial charge in [0.25, 0.3) is 0 Å². The van der Waals surface area contributed by atoms with Crippen LogP contribution < -0.4 is 5.32 Å². The molecule has 18 heavy (non-hydrogen) atoms. The molecule has 1 aromatic rings. The van der Waals surface area contributed by atoms with E-state index in [1.807, 2.05) is 25.6 Å². The maximum absolute atomic E-state index is 9.44. The summed E-state index contributed by atoms with van der Waals surface area (Å²) in [4.78, 5) is 0. The van der Waals surface area contributed by atoms with E-state index in [1.165, 1.54) is 0 Å². The molecule has 0 saturated heterocycles. The highest BCUT2D eigenvalue weighted by atomic mass is 32.2. The SMILES string of the molecule is CCC(CO)(CCCSc1nnc(C)n1C)NC. The maximum Gasteiger partial charge on any atom is 0.190 e. The summed E-state index contributed by atoms with van der Waals surface area (Å²) in [5, 5.41) is 21.8. The van der Waals surface area contributed by atoms with Crippen molar-refractivity contribution in [3.8, 4) is 0 Å². The second-order valence-electron chi connectivity index (χ2n) is 4.58. The zero-order valence-electron chi connectivity index (χ0n) is 11.7. The summed E-state index contributed by atoms with van der Waals surface area (Å²) in [6.07, 6.45) is 2.96. The quantitative estimate of drug-likeness (QED) is 0.552. The molecule has 5 nitrogen and oxygen atoms in total. The highest BCUT2D eigenvalue weighted by Crippen LogP contribution is 2.21. The van der Waals surface area contributed by atoms with Crippen LogP contribution in [0, 0.1) is 6.92 Å². The van der Waals surface area contributed by atoms with Crippen LogP contribution >= 0.6 is 11.8 Å². The lowest BCUT2D eigenvalue weighted by Gasteiger charge is -2.30. The van der Waals surface area contributed by atoms with Crippen molar-refractivity contribution in [3.63, 3.8) is 0 Å². The average Bonchev–Trinajstić information content (AvgIpc) is 2.71. The zero-order valence-corrected chi connectivity index (χ0v) is 12.5. The van der Waals surface area contributed by atoms with Crippen molar-refractivity contribution in [2.24, 2.45) is 7.05 Å². The number of rotatable bonds is 8. The summed E-state index contributed by atoms with van der Waals surface area (Å²) in [5.74, 6) is 1.93. The minimum absolute atomic E-state index is 0.129. The molecule has 1 rings (SSSR count). The van der Waals surface area contributed by atoms with Crippen LogP contribution in [0.25, 0.3) is 0 Å². The molecule has 0 radical (unpaired) electrons. The smallest absolute Gasteiger partial charge is 0.190 e. The van der Waals surface area contributed by atoms with Gasteiger partial charge in [-0.2, -0.15) is 0 Å². The summed E-state index contributed by atoms with van der Waals surface area (Å²) in [7, 11) is 3.90. The third-order valence-corrected chi connectivity index (χ3v) is 4.70. The van der Waals surface area contributed by atoms with Crippen molar-refractivity contribution < 1.29 is 5.11 Å². The Bertz CT molecular complexity index is 355. The van der Waals surface area contributed by atoms with E-state index < -0.39 is 0 Å². The maximum atomic E-state index is 9.44. The van der Waals surface area contributed by atoms with Gasteiger partial charge in [0.15, 0.2) is 5.16 Å². The second-order valence-corrected chi connectivity index (χ2v) is 5.64. The first-order valence-corrected chi connectivity index (χ1v) is 7.35. The van der Waals surface area contributed by atoms with Crippen molar-refractivity contribution in [1.82, 2.24) is 20.1 Å². The number of thioether (sulfide) groups is 1. The Hall–Kier alpha value is -0.590. The molecular formula is C12H24N4OS. The summed E-state index contributed by atoms with van der Waals surface area (Å²) in [6, 6.07) is 0. The number of nitrogens with zero attached hydrogens (tertiary/aromatic N) is 3. The zero-order chi connectivity index (χ0) is 13.6. The van der Waals surface area contributed by atoms with Crippen molar-refractivity contribution in [1.29, 1.82) is 0 Å². The topological polar surface area (TPSA) is 63.0 Å². The van der Waals surface area contributed by atoms with Crippen molar-refractivity contribution in [3.05, 3.63) is 5.82 Å². The van der Waals surface area contributed by atoms with Gasteiger partial charge < -0.3 is 15.0 Å². The van der Waals surface area contributed by atoms with E-state index in [1.54, 1.807) is 11.8 Å². The van der Waals surface area contributed by atoms with E-state index in [4.69, 9.17) is 0 Å². The van der Waals surface area contributed by atoms with Crippen molar-refractivity contribution in [2.45, 2.75) is 43.8 Å². The van der Waals surface area contributed by atoms with Crippen LogP contribution in [0.15, 0.2) is 5.16 Å². The molecule has 1 aromatic heterocycles. The molecule has 1 unspecified atom stereocenters. The Morgan fingerprint density at radius 1 is 1.44 bits per heavy atom. The Morgan fingerprint density at radius 3 is 2.61 bits per heavy atom. The second kappa shape index (κ2) is 7.11. The predicted octanol–water partition coefficient (Wildman–Crippen LogP) is 1.36. The molecule has 1 heterocycles. The van der Waals surface area contributed by atoms with Crippen LogP contribution in [0.3, 0.4) is 0 Å². The molecule has 104 valence electrons. The highest BCUT2D eigenvalue weighted by molar-refractivity contribution is 7.99. The fraction of sp³-hybridized carbons (Fsp3) is 0.833. The van der Waals surface area contributed by atoms with Crippen LogP contribution in [0.2, 0.25) is 0 Å². The fourth-order valence-corrected chi connectivity index (χ4v) is 2.73. The van der Waals surface area contributed by atoms with Gasteiger partial charge in [-0.05, 0) is 33.2 Å². The van der Waals surface area contributed by atoms with E-state index in [2.05, 4.69) is 22.4 Å². The standard InChI is InChI=1S/C12H24N4OS/c1-5-12(9-17,13-3)7-6-8-18-11-15-14-10(2)16(11)4/h13,17H,5-9H2,1-4H3. The normalized spacial score (nSPS) is 14.7. The molecule has 0 aromatic carbocycles. The van der Waals surface area contributed by atoms with E-state index in [0.717, 1.165) is 36.0 Å². The number of aromatic nitrogens is 3. The van der Waals surface area contributed by atoms with Gasteiger partial charge in [0.05, 0.1) is 6.61 Å². The number of hydrogen-bond acceptors (Lipinski definition) is 5. The molecule has 0 bridgehead atoms. The number of likely N-dealkylation sites (N-methyl/N-ethyl adjacent to an activating group) is 1. The van der Waals surface area contributed by atoms with E-state index >= 15 is 0 Å². The third-order valence-electron chi connectivity index (χ3n) is 3.59. The lowest BCUT2D eigenvalue weighted by Crippen LogP contribution is -2.45. The first kappa shape index (κ1) is 15.5. The number of nitrogens with one attached hydrogen (secondary N) is 1. The van der Waals surface area contributed by atoms with Gasteiger partial charge in [0.1, 0.15) is 5.82 Å². The monoisotopic (exact) mass is 272 g/mol. The summed E-state index contributed by atoms with van der Waals surface area (Å²) >= 11 is 1.72. The molecule has 2 N–H and O–H groups in total. The number of aryl methyl sites for hydroxylation is 1. The number of aliphatic hydroxyl groups is 1. The summed E-state index contributed by atoms with van der Waals surface area (Å²) < 4.78 is 2.00. The van der Waals surface area contributed by atoms with Gasteiger partial charge in [0, 0.05) is 18.3 Å². The highest BCUT2D eigenvalue weighted by Gasteiger charge is 2.24. The fourth-order valence-electron chi connectivity index (χ4n) is 1.84. The molecule has 6 heteroatoms. The van der Waals surface area contributed by atoms with Gasteiger partial charge in [-0.3, -0.25) is 0 Å². The van der Waals surface area contributed by atoms with E-state index in [0.29, 0.717) is 0 Å². The van der Waals surface area contributed by atoms with Gasteiger partial charge >= 0.3 is 0 Å². The van der Waals surface area contributed by atoms with Crippen LogP contribution in [0.1, 0.15) is 32.0 Å². The van der Waals surface area contributed by atoms with Gasteiger partial charge in [0.2, 0.25) is 0 Å². The van der Waals surface area contributed by atoms with Crippen LogP contribution in [-0.4, -0.2) is 44.8 Å². The van der Waals surface area contributed by atoms with E-state index in [9.17, 15) is 5.11 Å². The predicted molar refractivity (Wildman–Crippen MR) is 74.9 cm³/mol. The minimum Gasteiger partial charge on any atom is -0.394 e. The Morgan fingerprint density at radius 2 is 2.17 bits per heavy atom. The Labute approximate surface area is 113 Å². The van der Waals surface area contributed by atoms with E-state index in [-0.39, 0.29) is 12.1 Å². The number of hydrogen-bond donors (Lipinski definition) is 2. The van der Waals surface area contributed by atoms with Crippen LogP contribution in [-0.2, 0) is 7.05 Å². The molecule has 0 saturated carbocycles. The Balaban J connectivity index is 2.36. The molecule has 0 spiro atoms. The molecule has 0 amide bonds. The Kier molecular flexibility index (Phi) is 6.11. The molecule has 0 aliphatic carbocycles. The van der Waals surface area contributed by atoms with Crippen molar-refractivity contribution in [2.75, 3.05) is 19.4 Å². The molecule has 0 aliphatic rings. The van der Waals surface area contributed by atoms with Gasteiger partial charge in [-0.15, -0.1) is 10.2 Å². The molecule has 0 fully saturated rings. The first-order valence-electron chi connectivity index (χ1n) is 6.37. The van der Waals surface area contributed by atoms with Gasteiger partial charge in [-0.1, -0.05) is 18.7 Å². The third kappa shape index (κ3) is 3.70. The number of aliphatic hydroxyl groups excluding tert-OH is 1. The molecule has 0 aliphatic heterocycles. The van der Waals surface area contributed by atoms with Crippen LogP contribution in [0.4, 0.5) is 0 Å². The summed E-state index contributed by atoms with van der Waals surface area (Å²) in [6.45, 7) is 4.24. The first-order chi connectivity index (χ1) is 8.58. The van der Waals surface area contributed by atoms with Crippen LogP contribution in [0.5, 0.6) is 0 Å². The largest absolute Gasteiger partial charge is 0.394 e. The lowest BCUT2D eigenvalue weighted by molar-refractivity contribution is 0.154. The van der Waals surface area contributed by atoms with Gasteiger partial charge in [-0.25, -0.2) is 0 Å². The molecular weight excluding hydrogens is 248 g/mol. The molecule has 1 atom stereocenters.